The van der Waals surface area contributed by atoms with Crippen LogP contribution in [-0.4, -0.2) is 42.0 Å². The molecule has 0 fully saturated rings. The van der Waals surface area contributed by atoms with Crippen molar-refractivity contribution in [1.82, 2.24) is 29.0 Å². The maximum Gasteiger partial charge on any atom is 0.265 e. The normalized spacial score (nSPS) is 12.4. The lowest BCUT2D eigenvalue weighted by Crippen LogP contribution is -2.29. The molecular formula is C18H18N6OS. The molecule has 4 rings (SSSR count). The van der Waals surface area contributed by atoms with Gasteiger partial charge in [0.25, 0.3) is 5.91 Å². The Labute approximate surface area is 154 Å². The summed E-state index contributed by atoms with van der Waals surface area (Å²) in [5.74, 6) is -0.00833. The van der Waals surface area contributed by atoms with E-state index < -0.39 is 0 Å². The fraction of sp³-hybridized carbons (Fsp3) is 0.222. The fourth-order valence-electron chi connectivity index (χ4n) is 2.83. The molecule has 3 heterocycles. The van der Waals surface area contributed by atoms with Crippen molar-refractivity contribution in [3.63, 3.8) is 0 Å². The lowest BCUT2D eigenvalue weighted by atomic mass is 10.1. The Kier molecular flexibility index (Phi) is 4.04. The van der Waals surface area contributed by atoms with Gasteiger partial charge in [-0.05, 0) is 31.5 Å². The van der Waals surface area contributed by atoms with Gasteiger partial charge in [-0.25, -0.2) is 14.6 Å². The first-order valence-electron chi connectivity index (χ1n) is 8.20. The van der Waals surface area contributed by atoms with Gasteiger partial charge in [-0.2, -0.15) is 5.10 Å². The van der Waals surface area contributed by atoms with E-state index in [9.17, 15) is 4.79 Å². The van der Waals surface area contributed by atoms with Crippen LogP contribution >= 0.6 is 11.3 Å². The number of rotatable bonds is 4. The quantitative estimate of drug-likeness (QED) is 0.556. The molecule has 26 heavy (non-hydrogen) atoms. The van der Waals surface area contributed by atoms with Crippen LogP contribution in [0.3, 0.4) is 0 Å². The van der Waals surface area contributed by atoms with Crippen LogP contribution in [0.4, 0.5) is 0 Å². The second-order valence-corrected chi connectivity index (χ2v) is 7.20. The summed E-state index contributed by atoms with van der Waals surface area (Å²) in [5, 5.41) is 4.12. The molecule has 1 aromatic carbocycles. The summed E-state index contributed by atoms with van der Waals surface area (Å²) in [5.41, 5.74) is 2.94. The van der Waals surface area contributed by atoms with Crippen molar-refractivity contribution in [2.45, 2.75) is 19.9 Å². The standard InChI is InChI=1S/C18H18N6OS/c1-12-8-23-9-16(26-18(23)21-12)17(25)22(3)13(2)14-4-6-15(7-5-14)24-11-19-10-20-24/h4-11,13H,1-3H3. The summed E-state index contributed by atoms with van der Waals surface area (Å²) < 4.78 is 3.60. The molecule has 0 saturated heterocycles. The van der Waals surface area contributed by atoms with E-state index in [1.54, 1.807) is 15.9 Å². The van der Waals surface area contributed by atoms with E-state index in [4.69, 9.17) is 0 Å². The highest BCUT2D eigenvalue weighted by molar-refractivity contribution is 7.18. The van der Waals surface area contributed by atoms with Gasteiger partial charge in [0, 0.05) is 19.4 Å². The van der Waals surface area contributed by atoms with Crippen LogP contribution in [0.25, 0.3) is 10.6 Å². The van der Waals surface area contributed by atoms with Crippen molar-refractivity contribution in [3.05, 3.63) is 65.4 Å². The molecule has 0 spiro atoms. The van der Waals surface area contributed by atoms with Crippen molar-refractivity contribution in [3.8, 4) is 5.69 Å². The topological polar surface area (TPSA) is 68.3 Å². The third-order valence-electron chi connectivity index (χ3n) is 4.45. The van der Waals surface area contributed by atoms with Gasteiger partial charge in [-0.15, -0.1) is 0 Å². The van der Waals surface area contributed by atoms with Crippen LogP contribution < -0.4 is 0 Å². The lowest BCUT2D eigenvalue weighted by Gasteiger charge is -2.25. The van der Waals surface area contributed by atoms with Crippen LogP contribution in [0.2, 0.25) is 0 Å². The molecule has 4 aromatic rings. The largest absolute Gasteiger partial charge is 0.334 e. The molecule has 0 bridgehead atoms. The van der Waals surface area contributed by atoms with Gasteiger partial charge < -0.3 is 4.90 Å². The highest BCUT2D eigenvalue weighted by Crippen LogP contribution is 2.25. The molecule has 0 aliphatic heterocycles. The summed E-state index contributed by atoms with van der Waals surface area (Å²) in [6.07, 6.45) is 6.93. The van der Waals surface area contributed by atoms with E-state index in [2.05, 4.69) is 15.1 Å². The number of nitrogens with zero attached hydrogens (tertiary/aromatic N) is 6. The third-order valence-corrected chi connectivity index (χ3v) is 5.43. The van der Waals surface area contributed by atoms with Gasteiger partial charge in [-0.1, -0.05) is 23.5 Å². The number of carbonyl (C=O) groups is 1. The molecular weight excluding hydrogens is 348 g/mol. The number of aryl methyl sites for hydroxylation is 1. The molecule has 1 unspecified atom stereocenters. The Hall–Kier alpha value is -3.00. The molecule has 3 aromatic heterocycles. The first-order valence-corrected chi connectivity index (χ1v) is 9.02. The number of carbonyl (C=O) groups excluding carboxylic acids is 1. The Bertz CT molecular complexity index is 1020. The minimum absolute atomic E-state index is 0.00833. The summed E-state index contributed by atoms with van der Waals surface area (Å²) in [7, 11) is 1.83. The molecule has 8 heteroatoms. The van der Waals surface area contributed by atoms with Crippen molar-refractivity contribution < 1.29 is 4.79 Å². The molecule has 1 atom stereocenters. The minimum atomic E-state index is -0.0524. The predicted molar refractivity (Wildman–Crippen MR) is 99.7 cm³/mol. The molecule has 0 radical (unpaired) electrons. The van der Waals surface area contributed by atoms with E-state index in [0.29, 0.717) is 4.88 Å². The predicted octanol–water partition coefficient (Wildman–Crippen LogP) is 3.12. The van der Waals surface area contributed by atoms with Gasteiger partial charge in [0.05, 0.1) is 17.4 Å². The monoisotopic (exact) mass is 366 g/mol. The molecule has 0 aliphatic carbocycles. The molecule has 132 valence electrons. The van der Waals surface area contributed by atoms with Gasteiger partial charge in [-0.3, -0.25) is 9.20 Å². The van der Waals surface area contributed by atoms with E-state index in [0.717, 1.165) is 21.9 Å². The molecule has 7 nitrogen and oxygen atoms in total. The number of aromatic nitrogens is 5. The summed E-state index contributed by atoms with van der Waals surface area (Å²) >= 11 is 1.41. The third kappa shape index (κ3) is 2.88. The van der Waals surface area contributed by atoms with Crippen LogP contribution in [0.1, 0.15) is 33.9 Å². The zero-order chi connectivity index (χ0) is 18.3. The lowest BCUT2D eigenvalue weighted by molar-refractivity contribution is 0.0747. The maximum atomic E-state index is 12.8. The van der Waals surface area contributed by atoms with Crippen molar-refractivity contribution in [1.29, 1.82) is 0 Å². The summed E-state index contributed by atoms with van der Waals surface area (Å²) in [6, 6.07) is 7.91. The molecule has 0 aliphatic rings. The number of benzene rings is 1. The van der Waals surface area contributed by atoms with Crippen molar-refractivity contribution >= 4 is 22.2 Å². The van der Waals surface area contributed by atoms with Crippen molar-refractivity contribution in [2.75, 3.05) is 7.05 Å². The van der Waals surface area contributed by atoms with E-state index in [-0.39, 0.29) is 11.9 Å². The average Bonchev–Trinajstić information content (AvgIpc) is 3.36. The first-order chi connectivity index (χ1) is 12.5. The van der Waals surface area contributed by atoms with Gasteiger partial charge in [0.2, 0.25) is 0 Å². The van der Waals surface area contributed by atoms with Gasteiger partial charge in [0.1, 0.15) is 17.5 Å². The Balaban J connectivity index is 1.53. The zero-order valence-electron chi connectivity index (χ0n) is 14.7. The Morgan fingerprint density at radius 1 is 1.23 bits per heavy atom. The van der Waals surface area contributed by atoms with Crippen LogP contribution in [-0.2, 0) is 0 Å². The summed E-state index contributed by atoms with van der Waals surface area (Å²) in [4.78, 5) is 24.5. The van der Waals surface area contributed by atoms with Gasteiger partial charge >= 0.3 is 0 Å². The van der Waals surface area contributed by atoms with Crippen LogP contribution in [0.15, 0.2) is 49.3 Å². The number of hydrogen-bond acceptors (Lipinski definition) is 5. The number of amides is 1. The second-order valence-electron chi connectivity index (χ2n) is 6.19. The van der Waals surface area contributed by atoms with Crippen molar-refractivity contribution in [2.24, 2.45) is 0 Å². The number of hydrogen-bond donors (Lipinski definition) is 0. The van der Waals surface area contributed by atoms with E-state index >= 15 is 0 Å². The number of thiazole rings is 1. The molecule has 0 N–H and O–H groups in total. The highest BCUT2D eigenvalue weighted by Gasteiger charge is 2.21. The van der Waals surface area contributed by atoms with E-state index in [1.807, 2.05) is 62.0 Å². The Morgan fingerprint density at radius 3 is 2.65 bits per heavy atom. The molecule has 1 amide bonds. The SMILES string of the molecule is Cc1cn2cc(C(=O)N(C)C(C)c3ccc(-n4cncn4)cc3)sc2n1. The fourth-order valence-corrected chi connectivity index (χ4v) is 3.83. The average molecular weight is 366 g/mol. The maximum absolute atomic E-state index is 12.8. The number of imidazole rings is 1. The minimum Gasteiger partial charge on any atom is -0.334 e. The first kappa shape index (κ1) is 16.5. The van der Waals surface area contributed by atoms with Crippen LogP contribution in [0.5, 0.6) is 0 Å². The van der Waals surface area contributed by atoms with Crippen LogP contribution in [0, 0.1) is 6.92 Å². The highest BCUT2D eigenvalue weighted by atomic mass is 32.1. The zero-order valence-corrected chi connectivity index (χ0v) is 15.5. The number of fused-ring (bicyclic) bond motifs is 1. The molecule has 0 saturated carbocycles. The smallest absolute Gasteiger partial charge is 0.265 e. The van der Waals surface area contributed by atoms with Gasteiger partial charge in [0.15, 0.2) is 4.96 Å². The van der Waals surface area contributed by atoms with E-state index in [1.165, 1.54) is 17.7 Å². The Morgan fingerprint density at radius 2 is 2.00 bits per heavy atom. The summed E-state index contributed by atoms with van der Waals surface area (Å²) in [6.45, 7) is 3.96. The second kappa shape index (κ2) is 6.38.